The summed E-state index contributed by atoms with van der Waals surface area (Å²) in [7, 11) is 1.78. The maximum atomic E-state index is 11.6. The van der Waals surface area contributed by atoms with Crippen molar-refractivity contribution in [2.45, 2.75) is 52.1 Å². The van der Waals surface area contributed by atoms with Crippen molar-refractivity contribution < 1.29 is 9.53 Å². The fourth-order valence-electron chi connectivity index (χ4n) is 2.16. The first kappa shape index (κ1) is 11.7. The number of carbonyl (C=O) groups is 1. The molecule has 0 aliphatic heterocycles. The summed E-state index contributed by atoms with van der Waals surface area (Å²) in [6.07, 6.45) is 5.83. The van der Waals surface area contributed by atoms with Gasteiger partial charge in [0, 0.05) is 19.4 Å². The molecule has 82 valence electrons. The Labute approximate surface area is 87.0 Å². The van der Waals surface area contributed by atoms with E-state index in [1.807, 2.05) is 13.8 Å². The van der Waals surface area contributed by atoms with E-state index in [1.165, 1.54) is 19.3 Å². The van der Waals surface area contributed by atoms with E-state index in [9.17, 15) is 4.79 Å². The summed E-state index contributed by atoms with van der Waals surface area (Å²) in [5, 5.41) is 0. The fraction of sp³-hybridized carbons (Fsp3) is 0.917. The number of hydrogen-bond donors (Lipinski definition) is 0. The predicted molar refractivity (Wildman–Crippen MR) is 57.2 cm³/mol. The van der Waals surface area contributed by atoms with E-state index < -0.39 is 0 Å². The number of carbonyl (C=O) groups excluding carboxylic acids is 1. The lowest BCUT2D eigenvalue weighted by Gasteiger charge is -2.28. The van der Waals surface area contributed by atoms with E-state index in [0.717, 1.165) is 12.8 Å². The number of ether oxygens (including phenoxy) is 1. The average molecular weight is 198 g/mol. The average Bonchev–Trinajstić information content (AvgIpc) is 2.18. The second kappa shape index (κ2) is 5.50. The van der Waals surface area contributed by atoms with Crippen LogP contribution in [0, 0.1) is 11.8 Å². The Balaban J connectivity index is 2.34. The molecule has 1 saturated carbocycles. The number of methoxy groups -OCH3 is 1. The highest BCUT2D eigenvalue weighted by molar-refractivity contribution is 5.80. The van der Waals surface area contributed by atoms with Gasteiger partial charge in [0.1, 0.15) is 5.78 Å². The summed E-state index contributed by atoms with van der Waals surface area (Å²) < 4.78 is 5.35. The molecule has 1 fully saturated rings. The van der Waals surface area contributed by atoms with Crippen LogP contribution in [0.2, 0.25) is 0 Å². The molecule has 2 heteroatoms. The molecule has 0 N–H and O–H groups in total. The minimum absolute atomic E-state index is 0.193. The van der Waals surface area contributed by atoms with E-state index in [-0.39, 0.29) is 5.92 Å². The van der Waals surface area contributed by atoms with Crippen LogP contribution in [0.1, 0.15) is 46.0 Å². The number of rotatable bonds is 4. The molecule has 2 unspecified atom stereocenters. The summed E-state index contributed by atoms with van der Waals surface area (Å²) in [5.74, 6) is 1.17. The zero-order chi connectivity index (χ0) is 10.6. The van der Waals surface area contributed by atoms with Crippen molar-refractivity contribution in [3.8, 4) is 0 Å². The first-order valence-corrected chi connectivity index (χ1v) is 5.69. The third-order valence-corrected chi connectivity index (χ3v) is 3.20. The van der Waals surface area contributed by atoms with Gasteiger partial charge in [-0.2, -0.15) is 0 Å². The van der Waals surface area contributed by atoms with E-state index in [1.54, 1.807) is 7.11 Å². The van der Waals surface area contributed by atoms with Crippen LogP contribution < -0.4 is 0 Å². The van der Waals surface area contributed by atoms with Crippen molar-refractivity contribution in [1.82, 2.24) is 0 Å². The van der Waals surface area contributed by atoms with Crippen LogP contribution >= 0.6 is 0 Å². The van der Waals surface area contributed by atoms with E-state index >= 15 is 0 Å². The maximum Gasteiger partial charge on any atom is 0.135 e. The Hall–Kier alpha value is -0.370. The van der Waals surface area contributed by atoms with Gasteiger partial charge in [-0.15, -0.1) is 0 Å². The highest BCUT2D eigenvalue weighted by Crippen LogP contribution is 2.29. The zero-order valence-corrected chi connectivity index (χ0v) is 9.58. The van der Waals surface area contributed by atoms with Crippen molar-refractivity contribution in [2.75, 3.05) is 7.11 Å². The Bertz CT molecular complexity index is 187. The van der Waals surface area contributed by atoms with Crippen LogP contribution in [0.3, 0.4) is 0 Å². The molecule has 0 heterocycles. The SMILES string of the molecule is COC1CCCC(CC(=O)C(C)C)C1. The highest BCUT2D eigenvalue weighted by Gasteiger charge is 2.24. The first-order valence-electron chi connectivity index (χ1n) is 5.69. The molecule has 0 bridgehead atoms. The standard InChI is InChI=1S/C12H22O2/c1-9(2)12(13)8-10-5-4-6-11(7-10)14-3/h9-11H,4-8H2,1-3H3. The summed E-state index contributed by atoms with van der Waals surface area (Å²) in [4.78, 5) is 11.6. The van der Waals surface area contributed by atoms with Gasteiger partial charge in [-0.3, -0.25) is 4.79 Å². The van der Waals surface area contributed by atoms with Crippen LogP contribution in [0.15, 0.2) is 0 Å². The largest absolute Gasteiger partial charge is 0.381 e. The predicted octanol–water partition coefficient (Wildman–Crippen LogP) is 2.81. The van der Waals surface area contributed by atoms with E-state index in [2.05, 4.69) is 0 Å². The molecule has 0 aromatic carbocycles. The van der Waals surface area contributed by atoms with Gasteiger partial charge in [-0.25, -0.2) is 0 Å². The third-order valence-electron chi connectivity index (χ3n) is 3.20. The molecule has 0 spiro atoms. The van der Waals surface area contributed by atoms with Crippen molar-refractivity contribution in [2.24, 2.45) is 11.8 Å². The molecule has 0 saturated heterocycles. The Morgan fingerprint density at radius 3 is 2.71 bits per heavy atom. The second-order valence-corrected chi connectivity index (χ2v) is 4.72. The number of ketones is 1. The lowest BCUT2D eigenvalue weighted by molar-refractivity contribution is -0.123. The molecule has 0 radical (unpaired) electrons. The summed E-state index contributed by atoms with van der Waals surface area (Å²) >= 11 is 0. The molecule has 2 atom stereocenters. The maximum absolute atomic E-state index is 11.6. The van der Waals surface area contributed by atoms with Crippen LogP contribution in [0.25, 0.3) is 0 Å². The monoisotopic (exact) mass is 198 g/mol. The van der Waals surface area contributed by atoms with Gasteiger partial charge >= 0.3 is 0 Å². The van der Waals surface area contributed by atoms with Gasteiger partial charge in [-0.1, -0.05) is 20.3 Å². The van der Waals surface area contributed by atoms with Gasteiger partial charge in [0.15, 0.2) is 0 Å². The highest BCUT2D eigenvalue weighted by atomic mass is 16.5. The van der Waals surface area contributed by atoms with Crippen molar-refractivity contribution >= 4 is 5.78 Å². The Morgan fingerprint density at radius 2 is 2.14 bits per heavy atom. The molecule has 1 aliphatic rings. The number of hydrogen-bond acceptors (Lipinski definition) is 2. The second-order valence-electron chi connectivity index (χ2n) is 4.72. The van der Waals surface area contributed by atoms with Crippen molar-refractivity contribution in [3.63, 3.8) is 0 Å². The van der Waals surface area contributed by atoms with Crippen molar-refractivity contribution in [3.05, 3.63) is 0 Å². The molecular weight excluding hydrogens is 176 g/mol. The van der Waals surface area contributed by atoms with Gasteiger partial charge < -0.3 is 4.74 Å². The molecule has 1 aliphatic carbocycles. The van der Waals surface area contributed by atoms with E-state index in [0.29, 0.717) is 17.8 Å². The lowest BCUT2D eigenvalue weighted by atomic mass is 9.82. The van der Waals surface area contributed by atoms with Gasteiger partial charge in [0.25, 0.3) is 0 Å². The minimum Gasteiger partial charge on any atom is -0.381 e. The molecule has 0 amide bonds. The van der Waals surface area contributed by atoms with E-state index in [4.69, 9.17) is 4.74 Å². The minimum atomic E-state index is 0.193. The summed E-state index contributed by atoms with van der Waals surface area (Å²) in [5.41, 5.74) is 0. The van der Waals surface area contributed by atoms with Crippen LogP contribution in [0.4, 0.5) is 0 Å². The quantitative estimate of drug-likeness (QED) is 0.694. The topological polar surface area (TPSA) is 26.3 Å². The van der Waals surface area contributed by atoms with Crippen LogP contribution in [0.5, 0.6) is 0 Å². The molecule has 0 aromatic heterocycles. The fourth-order valence-corrected chi connectivity index (χ4v) is 2.16. The molecule has 2 nitrogen and oxygen atoms in total. The smallest absolute Gasteiger partial charge is 0.135 e. The van der Waals surface area contributed by atoms with Gasteiger partial charge in [0.05, 0.1) is 6.10 Å². The molecule has 0 aromatic rings. The molecule has 14 heavy (non-hydrogen) atoms. The van der Waals surface area contributed by atoms with Crippen LogP contribution in [-0.4, -0.2) is 19.0 Å². The Kier molecular flexibility index (Phi) is 4.59. The Morgan fingerprint density at radius 1 is 1.43 bits per heavy atom. The third kappa shape index (κ3) is 3.41. The molecular formula is C12H22O2. The summed E-state index contributed by atoms with van der Waals surface area (Å²) in [6.45, 7) is 3.97. The van der Waals surface area contributed by atoms with Gasteiger partial charge in [-0.05, 0) is 25.2 Å². The van der Waals surface area contributed by atoms with Crippen molar-refractivity contribution in [1.29, 1.82) is 0 Å². The summed E-state index contributed by atoms with van der Waals surface area (Å²) in [6, 6.07) is 0. The normalized spacial score (nSPS) is 28.0. The van der Waals surface area contributed by atoms with Crippen LogP contribution in [-0.2, 0) is 9.53 Å². The molecule has 1 rings (SSSR count). The zero-order valence-electron chi connectivity index (χ0n) is 9.58. The lowest BCUT2D eigenvalue weighted by Crippen LogP contribution is -2.24. The van der Waals surface area contributed by atoms with Gasteiger partial charge in [0.2, 0.25) is 0 Å². The number of Topliss-reactive ketones (excluding diaryl/α,β-unsaturated/α-hetero) is 1. The first-order chi connectivity index (χ1) is 6.63.